The summed E-state index contributed by atoms with van der Waals surface area (Å²) in [6.45, 7) is 4.23. The predicted molar refractivity (Wildman–Crippen MR) is 112 cm³/mol. The van der Waals surface area contributed by atoms with Crippen molar-refractivity contribution in [1.29, 1.82) is 0 Å². The maximum absolute atomic E-state index is 14.5. The van der Waals surface area contributed by atoms with Crippen LogP contribution in [0, 0.1) is 11.7 Å². The van der Waals surface area contributed by atoms with Crippen LogP contribution in [-0.4, -0.2) is 47.2 Å². The number of piperidine rings is 1. The molecule has 1 fully saturated rings. The van der Waals surface area contributed by atoms with E-state index in [1.54, 1.807) is 11.3 Å². The average Bonchev–Trinajstić information content (AvgIpc) is 3.23. The van der Waals surface area contributed by atoms with E-state index in [0.717, 1.165) is 42.9 Å². The van der Waals surface area contributed by atoms with E-state index in [9.17, 15) is 12.8 Å². The third-order valence-corrected chi connectivity index (χ3v) is 7.74. The lowest BCUT2D eigenvalue weighted by molar-refractivity contribution is 0.141. The van der Waals surface area contributed by atoms with Crippen molar-refractivity contribution < 1.29 is 22.3 Å². The maximum atomic E-state index is 14.5. The number of halogens is 1. The van der Waals surface area contributed by atoms with Crippen LogP contribution in [0.15, 0.2) is 34.5 Å². The summed E-state index contributed by atoms with van der Waals surface area (Å²) >= 11 is 1.60. The average molecular weight is 443 g/mol. The van der Waals surface area contributed by atoms with Crippen LogP contribution < -0.4 is 14.2 Å². The molecule has 0 spiro atoms. The fourth-order valence-electron chi connectivity index (χ4n) is 3.54. The van der Waals surface area contributed by atoms with Gasteiger partial charge in [-0.1, -0.05) is 13.0 Å². The molecule has 1 atom stereocenters. The lowest BCUT2D eigenvalue weighted by Gasteiger charge is -2.36. The lowest BCUT2D eigenvalue weighted by atomic mass is 9.97. The number of rotatable bonds is 8. The molecular weight excluding hydrogens is 415 g/mol. The molecule has 1 aliphatic rings. The van der Waals surface area contributed by atoms with Gasteiger partial charge in [0.05, 0.1) is 20.3 Å². The van der Waals surface area contributed by atoms with Crippen molar-refractivity contribution >= 4 is 21.4 Å². The molecule has 0 saturated carbocycles. The minimum atomic E-state index is -4.07. The van der Waals surface area contributed by atoms with Crippen molar-refractivity contribution in [3.05, 3.63) is 40.3 Å². The first-order valence-corrected chi connectivity index (χ1v) is 11.9. The summed E-state index contributed by atoms with van der Waals surface area (Å²) < 4.78 is 53.0. The highest BCUT2D eigenvalue weighted by molar-refractivity contribution is 7.89. The number of thiophene rings is 1. The normalized spacial score (nSPS) is 17.2. The van der Waals surface area contributed by atoms with Gasteiger partial charge in [-0.05, 0) is 43.3 Å². The van der Waals surface area contributed by atoms with Gasteiger partial charge in [-0.3, -0.25) is 4.90 Å². The molecule has 29 heavy (non-hydrogen) atoms. The molecule has 0 aliphatic carbocycles. The van der Waals surface area contributed by atoms with Gasteiger partial charge >= 0.3 is 0 Å². The van der Waals surface area contributed by atoms with E-state index in [-0.39, 0.29) is 24.1 Å². The zero-order chi connectivity index (χ0) is 21.0. The number of sulfonamides is 1. The second-order valence-corrected chi connectivity index (χ2v) is 9.95. The first kappa shape index (κ1) is 22.0. The molecule has 1 N–H and O–H groups in total. The summed E-state index contributed by atoms with van der Waals surface area (Å²) in [5, 5.41) is 1.98. The zero-order valence-corrected chi connectivity index (χ0v) is 18.5. The van der Waals surface area contributed by atoms with Crippen molar-refractivity contribution in [2.75, 3.05) is 33.9 Å². The number of hydrogen-bond acceptors (Lipinski definition) is 6. The summed E-state index contributed by atoms with van der Waals surface area (Å²) in [7, 11) is -1.32. The van der Waals surface area contributed by atoms with E-state index >= 15 is 0 Å². The van der Waals surface area contributed by atoms with Crippen LogP contribution in [0.1, 0.15) is 30.7 Å². The summed E-state index contributed by atoms with van der Waals surface area (Å²) in [4.78, 5) is 2.95. The molecular formula is C20H27FN2O4S2. The lowest BCUT2D eigenvalue weighted by Crippen LogP contribution is -2.41. The summed E-state index contributed by atoms with van der Waals surface area (Å²) in [5.41, 5.74) is 0. The molecule has 1 saturated heterocycles. The van der Waals surface area contributed by atoms with E-state index in [4.69, 9.17) is 9.47 Å². The second-order valence-electron chi connectivity index (χ2n) is 7.24. The van der Waals surface area contributed by atoms with Gasteiger partial charge in [0.15, 0.2) is 11.5 Å². The molecule has 1 aliphatic heterocycles. The molecule has 6 nitrogen and oxygen atoms in total. The number of benzene rings is 1. The van der Waals surface area contributed by atoms with Crippen molar-refractivity contribution in [1.82, 2.24) is 9.62 Å². The Morgan fingerprint density at radius 2 is 1.90 bits per heavy atom. The van der Waals surface area contributed by atoms with Gasteiger partial charge in [-0.15, -0.1) is 11.3 Å². The van der Waals surface area contributed by atoms with Crippen molar-refractivity contribution in [3.8, 4) is 11.5 Å². The van der Waals surface area contributed by atoms with E-state index in [1.165, 1.54) is 14.2 Å². The van der Waals surface area contributed by atoms with Crippen LogP contribution in [0.3, 0.4) is 0 Å². The molecule has 160 valence electrons. The molecule has 1 unspecified atom stereocenters. The molecule has 9 heteroatoms. The second kappa shape index (κ2) is 9.42. The van der Waals surface area contributed by atoms with Gasteiger partial charge in [0, 0.05) is 23.6 Å². The highest BCUT2D eigenvalue weighted by Gasteiger charge is 2.28. The van der Waals surface area contributed by atoms with E-state index < -0.39 is 20.7 Å². The zero-order valence-electron chi connectivity index (χ0n) is 16.9. The standard InChI is InChI=1S/C20H27FN2O4S2/c1-14-6-8-23(9-7-14)16(19-5-4-10-28-19)13-22-29(24,25)20-12-18(27-3)17(26-2)11-15(20)21/h4-5,10-12,14,16,22H,6-9,13H2,1-3H3. The van der Waals surface area contributed by atoms with Gasteiger partial charge in [-0.2, -0.15) is 0 Å². The SMILES string of the molecule is COc1cc(F)c(S(=O)(=O)NCC(c2cccs2)N2CCC(C)CC2)cc1OC. The Morgan fingerprint density at radius 1 is 1.24 bits per heavy atom. The van der Waals surface area contributed by atoms with Crippen molar-refractivity contribution in [3.63, 3.8) is 0 Å². The van der Waals surface area contributed by atoms with Crippen LogP contribution in [0.25, 0.3) is 0 Å². The third-order valence-electron chi connectivity index (χ3n) is 5.32. The number of nitrogens with one attached hydrogen (secondary N) is 1. The minimum Gasteiger partial charge on any atom is -0.493 e. The Balaban J connectivity index is 1.81. The molecule has 1 aromatic heterocycles. The fourth-order valence-corrected chi connectivity index (χ4v) is 5.51. The van der Waals surface area contributed by atoms with Gasteiger partial charge in [-0.25, -0.2) is 17.5 Å². The largest absolute Gasteiger partial charge is 0.493 e. The van der Waals surface area contributed by atoms with Crippen LogP contribution in [0.4, 0.5) is 4.39 Å². The van der Waals surface area contributed by atoms with Crippen LogP contribution >= 0.6 is 11.3 Å². The summed E-state index contributed by atoms with van der Waals surface area (Å²) in [5.74, 6) is 0.0966. The first-order valence-electron chi connectivity index (χ1n) is 9.54. The number of methoxy groups -OCH3 is 2. The molecule has 0 bridgehead atoms. The minimum absolute atomic E-state index is 0.0829. The first-order chi connectivity index (χ1) is 13.9. The van der Waals surface area contributed by atoms with Crippen LogP contribution in [0.5, 0.6) is 11.5 Å². The molecule has 0 radical (unpaired) electrons. The Morgan fingerprint density at radius 3 is 2.48 bits per heavy atom. The highest BCUT2D eigenvalue weighted by Crippen LogP contribution is 2.33. The Hall–Kier alpha value is -1.68. The van der Waals surface area contributed by atoms with Crippen molar-refractivity contribution in [2.24, 2.45) is 5.92 Å². The predicted octanol–water partition coefficient (Wildman–Crippen LogP) is 3.66. The molecule has 2 heterocycles. The molecule has 3 rings (SSSR count). The van der Waals surface area contributed by atoms with E-state index in [0.29, 0.717) is 5.92 Å². The topological polar surface area (TPSA) is 67.9 Å². The fraction of sp³-hybridized carbons (Fsp3) is 0.500. The van der Waals surface area contributed by atoms with Crippen LogP contribution in [0.2, 0.25) is 0 Å². The maximum Gasteiger partial charge on any atom is 0.243 e. The number of ether oxygens (including phenoxy) is 2. The quantitative estimate of drug-likeness (QED) is 0.676. The van der Waals surface area contributed by atoms with Crippen molar-refractivity contribution in [2.45, 2.75) is 30.7 Å². The third kappa shape index (κ3) is 5.09. The van der Waals surface area contributed by atoms with Crippen LogP contribution in [-0.2, 0) is 10.0 Å². The Bertz CT molecular complexity index is 911. The Kier molecular flexibility index (Phi) is 7.15. The van der Waals surface area contributed by atoms with Gasteiger partial charge in [0.2, 0.25) is 10.0 Å². The van der Waals surface area contributed by atoms with E-state index in [2.05, 4.69) is 16.5 Å². The summed E-state index contributed by atoms with van der Waals surface area (Å²) in [6, 6.07) is 6.07. The molecule has 0 amide bonds. The van der Waals surface area contributed by atoms with E-state index in [1.807, 2.05) is 17.5 Å². The van der Waals surface area contributed by atoms with Gasteiger partial charge in [0.25, 0.3) is 0 Å². The van der Waals surface area contributed by atoms with Gasteiger partial charge < -0.3 is 9.47 Å². The monoisotopic (exact) mass is 442 g/mol. The number of nitrogens with zero attached hydrogens (tertiary/aromatic N) is 1. The smallest absolute Gasteiger partial charge is 0.243 e. The Labute approximate surface area is 175 Å². The van der Waals surface area contributed by atoms with Gasteiger partial charge in [0.1, 0.15) is 10.7 Å². The molecule has 2 aromatic rings. The highest BCUT2D eigenvalue weighted by atomic mass is 32.2. The molecule has 1 aromatic carbocycles. The summed E-state index contributed by atoms with van der Waals surface area (Å²) in [6.07, 6.45) is 2.16. The number of likely N-dealkylation sites (tertiary alicyclic amines) is 1. The number of hydrogen-bond donors (Lipinski definition) is 1.